The molecule has 0 radical (unpaired) electrons. The number of halogens is 1. The van der Waals surface area contributed by atoms with Crippen LogP contribution in [0.3, 0.4) is 0 Å². The fraction of sp³-hybridized carbons (Fsp3) is 0.312. The smallest absolute Gasteiger partial charge is 0.279 e. The molecule has 1 fully saturated rings. The van der Waals surface area contributed by atoms with Crippen LogP contribution < -0.4 is 10.2 Å². The molecule has 0 saturated carbocycles. The first-order valence-corrected chi connectivity index (χ1v) is 8.83. The standard InChI is InChI=1S/C16H17BrN2OS/c17-12-5-1-2-6-13(12)18-16(20)11-19-9-3-7-14(19)15-8-4-10-21-15/h1-2,4-6,8,10,14H,3,7,9,11H2,(H,18,20)/p+1/t14-/m0/s1. The van der Waals surface area contributed by atoms with E-state index >= 15 is 0 Å². The summed E-state index contributed by atoms with van der Waals surface area (Å²) < 4.78 is 0.921. The Labute approximate surface area is 137 Å². The number of benzene rings is 1. The zero-order chi connectivity index (χ0) is 14.7. The summed E-state index contributed by atoms with van der Waals surface area (Å²) in [6.45, 7) is 1.61. The summed E-state index contributed by atoms with van der Waals surface area (Å²) in [7, 11) is 0. The third-order valence-corrected chi connectivity index (χ3v) is 5.58. The fourth-order valence-electron chi connectivity index (χ4n) is 2.92. The van der Waals surface area contributed by atoms with Gasteiger partial charge in [0.25, 0.3) is 5.91 Å². The molecule has 3 rings (SSSR count). The number of carbonyl (C=O) groups is 1. The molecule has 2 heterocycles. The molecule has 5 heteroatoms. The van der Waals surface area contributed by atoms with Crippen molar-refractivity contribution in [2.75, 3.05) is 18.4 Å². The summed E-state index contributed by atoms with van der Waals surface area (Å²) in [5, 5.41) is 5.12. The van der Waals surface area contributed by atoms with E-state index in [1.807, 2.05) is 24.3 Å². The van der Waals surface area contributed by atoms with E-state index in [2.05, 4.69) is 38.8 Å². The summed E-state index contributed by atoms with van der Waals surface area (Å²) in [6.07, 6.45) is 2.37. The van der Waals surface area contributed by atoms with Crippen molar-refractivity contribution in [1.29, 1.82) is 0 Å². The van der Waals surface area contributed by atoms with Gasteiger partial charge in [-0.2, -0.15) is 0 Å². The average molecular weight is 366 g/mol. The quantitative estimate of drug-likeness (QED) is 0.857. The zero-order valence-corrected chi connectivity index (χ0v) is 14.0. The normalized spacial score (nSPS) is 21.4. The van der Waals surface area contributed by atoms with Crippen LogP contribution in [0.15, 0.2) is 46.3 Å². The first-order chi connectivity index (χ1) is 10.2. The lowest BCUT2D eigenvalue weighted by atomic mass is 10.2. The van der Waals surface area contributed by atoms with E-state index in [1.165, 1.54) is 22.6 Å². The lowest BCUT2D eigenvalue weighted by molar-refractivity contribution is -0.910. The third-order valence-electron chi connectivity index (χ3n) is 3.91. The van der Waals surface area contributed by atoms with Gasteiger partial charge < -0.3 is 10.2 Å². The van der Waals surface area contributed by atoms with Crippen molar-refractivity contribution in [3.63, 3.8) is 0 Å². The van der Waals surface area contributed by atoms with Crippen LogP contribution in [0.2, 0.25) is 0 Å². The molecule has 0 spiro atoms. The van der Waals surface area contributed by atoms with E-state index in [4.69, 9.17) is 0 Å². The molecule has 1 saturated heterocycles. The molecule has 1 aliphatic heterocycles. The topological polar surface area (TPSA) is 33.5 Å². The van der Waals surface area contributed by atoms with E-state index in [1.54, 1.807) is 11.3 Å². The highest BCUT2D eigenvalue weighted by Gasteiger charge is 2.32. The van der Waals surface area contributed by atoms with Crippen LogP contribution in [0.25, 0.3) is 0 Å². The Kier molecular flexibility index (Phi) is 4.73. The van der Waals surface area contributed by atoms with Gasteiger partial charge in [0.05, 0.1) is 17.1 Å². The Morgan fingerprint density at radius 2 is 2.19 bits per heavy atom. The van der Waals surface area contributed by atoms with Gasteiger partial charge in [0.15, 0.2) is 6.54 Å². The van der Waals surface area contributed by atoms with Crippen molar-refractivity contribution in [2.24, 2.45) is 0 Å². The number of amides is 1. The van der Waals surface area contributed by atoms with Gasteiger partial charge in [0.2, 0.25) is 0 Å². The number of nitrogens with one attached hydrogen (secondary N) is 2. The van der Waals surface area contributed by atoms with Gasteiger partial charge in [-0.1, -0.05) is 18.2 Å². The molecule has 1 unspecified atom stereocenters. The monoisotopic (exact) mass is 365 g/mol. The molecule has 2 aromatic rings. The van der Waals surface area contributed by atoms with E-state index < -0.39 is 0 Å². The summed E-state index contributed by atoms with van der Waals surface area (Å²) in [5.41, 5.74) is 0.841. The minimum absolute atomic E-state index is 0.0837. The molecular formula is C16H18BrN2OS+. The fourth-order valence-corrected chi connectivity index (χ4v) is 4.22. The number of anilines is 1. The molecule has 0 bridgehead atoms. The Morgan fingerprint density at radius 3 is 2.95 bits per heavy atom. The van der Waals surface area contributed by atoms with Crippen LogP contribution in [0.5, 0.6) is 0 Å². The number of hydrogen-bond donors (Lipinski definition) is 2. The third kappa shape index (κ3) is 3.54. The molecule has 1 aromatic carbocycles. The molecule has 0 aliphatic carbocycles. The Hall–Kier alpha value is -1.17. The highest BCUT2D eigenvalue weighted by molar-refractivity contribution is 9.10. The van der Waals surface area contributed by atoms with Gasteiger partial charge in [-0.25, -0.2) is 0 Å². The van der Waals surface area contributed by atoms with E-state index in [0.717, 1.165) is 16.7 Å². The van der Waals surface area contributed by atoms with Gasteiger partial charge in [0, 0.05) is 17.3 Å². The average Bonchev–Trinajstić information content (AvgIpc) is 3.11. The Bertz CT molecular complexity index is 614. The molecule has 1 aromatic heterocycles. The lowest BCUT2D eigenvalue weighted by Crippen LogP contribution is -3.11. The molecule has 2 atom stereocenters. The van der Waals surface area contributed by atoms with Gasteiger partial charge >= 0.3 is 0 Å². The SMILES string of the molecule is O=C(C[NH+]1CCC[C@H]1c1cccs1)Nc1ccccc1Br. The first-order valence-electron chi connectivity index (χ1n) is 7.16. The molecule has 1 amide bonds. The summed E-state index contributed by atoms with van der Waals surface area (Å²) in [6, 6.07) is 12.5. The largest absolute Gasteiger partial charge is 0.320 e. The Morgan fingerprint density at radius 1 is 1.33 bits per heavy atom. The minimum atomic E-state index is 0.0837. The van der Waals surface area contributed by atoms with E-state index in [0.29, 0.717) is 12.6 Å². The summed E-state index contributed by atoms with van der Waals surface area (Å²) in [5.74, 6) is 0.0837. The van der Waals surface area contributed by atoms with Crippen LogP contribution in [0, 0.1) is 0 Å². The first kappa shape index (κ1) is 14.8. The molecule has 21 heavy (non-hydrogen) atoms. The van der Waals surface area contributed by atoms with Crippen molar-refractivity contribution in [2.45, 2.75) is 18.9 Å². The number of hydrogen-bond acceptors (Lipinski definition) is 2. The van der Waals surface area contributed by atoms with Gasteiger partial charge in [-0.3, -0.25) is 4.79 Å². The zero-order valence-electron chi connectivity index (χ0n) is 11.6. The lowest BCUT2D eigenvalue weighted by Gasteiger charge is -2.20. The molecular weight excluding hydrogens is 348 g/mol. The van der Waals surface area contributed by atoms with Crippen molar-refractivity contribution in [3.05, 3.63) is 51.1 Å². The second-order valence-electron chi connectivity index (χ2n) is 5.32. The summed E-state index contributed by atoms with van der Waals surface area (Å²) in [4.78, 5) is 15.1. The Balaban J connectivity index is 1.63. The molecule has 3 nitrogen and oxygen atoms in total. The van der Waals surface area contributed by atoms with Crippen molar-refractivity contribution < 1.29 is 9.69 Å². The van der Waals surface area contributed by atoms with Crippen LogP contribution in [-0.2, 0) is 4.79 Å². The molecule has 2 N–H and O–H groups in total. The van der Waals surface area contributed by atoms with Gasteiger partial charge in [0.1, 0.15) is 6.04 Å². The second-order valence-corrected chi connectivity index (χ2v) is 7.16. The van der Waals surface area contributed by atoms with Crippen LogP contribution in [0.1, 0.15) is 23.8 Å². The van der Waals surface area contributed by atoms with Crippen LogP contribution in [-0.4, -0.2) is 19.0 Å². The predicted octanol–water partition coefficient (Wildman–Crippen LogP) is 2.87. The second kappa shape index (κ2) is 6.73. The number of rotatable bonds is 4. The summed E-state index contributed by atoms with van der Waals surface area (Å²) >= 11 is 5.26. The molecule has 1 aliphatic rings. The number of likely N-dealkylation sites (tertiary alicyclic amines) is 1. The predicted molar refractivity (Wildman–Crippen MR) is 89.8 cm³/mol. The highest BCUT2D eigenvalue weighted by Crippen LogP contribution is 2.23. The number of quaternary nitrogens is 1. The van der Waals surface area contributed by atoms with E-state index in [9.17, 15) is 4.79 Å². The van der Waals surface area contributed by atoms with Crippen molar-refractivity contribution in [1.82, 2.24) is 0 Å². The van der Waals surface area contributed by atoms with Gasteiger partial charge in [-0.05, 0) is 39.5 Å². The van der Waals surface area contributed by atoms with Crippen LogP contribution in [0.4, 0.5) is 5.69 Å². The molecule has 110 valence electrons. The number of carbonyl (C=O) groups excluding carboxylic acids is 1. The van der Waals surface area contributed by atoms with Crippen molar-refractivity contribution >= 4 is 38.9 Å². The van der Waals surface area contributed by atoms with Gasteiger partial charge in [-0.15, -0.1) is 11.3 Å². The minimum Gasteiger partial charge on any atom is -0.320 e. The van der Waals surface area contributed by atoms with E-state index in [-0.39, 0.29) is 5.91 Å². The maximum absolute atomic E-state index is 12.3. The highest BCUT2D eigenvalue weighted by atomic mass is 79.9. The maximum Gasteiger partial charge on any atom is 0.279 e. The number of para-hydroxylation sites is 1. The van der Waals surface area contributed by atoms with Crippen LogP contribution >= 0.6 is 27.3 Å². The maximum atomic E-state index is 12.3. The van der Waals surface area contributed by atoms with Crippen molar-refractivity contribution in [3.8, 4) is 0 Å². The number of thiophene rings is 1.